The van der Waals surface area contributed by atoms with Gasteiger partial charge in [0.25, 0.3) is 0 Å². The summed E-state index contributed by atoms with van der Waals surface area (Å²) in [6.45, 7) is 4.34. The third-order valence-electron chi connectivity index (χ3n) is 12.4. The Morgan fingerprint density at radius 1 is 0.397 bits per heavy atom. The number of amides is 1. The average Bonchev–Trinajstić information content (AvgIpc) is 3.23. The van der Waals surface area contributed by atoms with Gasteiger partial charge >= 0.3 is 0 Å². The highest BCUT2D eigenvalue weighted by atomic mass is 16.3. The molecule has 0 saturated carbocycles. The molecule has 58 heavy (non-hydrogen) atoms. The lowest BCUT2D eigenvalue weighted by atomic mass is 10.0. The van der Waals surface area contributed by atoms with Crippen LogP contribution in [-0.2, 0) is 4.79 Å². The van der Waals surface area contributed by atoms with E-state index in [-0.39, 0.29) is 12.5 Å². The van der Waals surface area contributed by atoms with Crippen molar-refractivity contribution in [2.75, 3.05) is 6.61 Å². The topological polar surface area (TPSA) is 69.6 Å². The number of carbonyl (C=O) groups is 1. The van der Waals surface area contributed by atoms with Crippen LogP contribution in [0.3, 0.4) is 0 Å². The summed E-state index contributed by atoms with van der Waals surface area (Å²) in [4.78, 5) is 12.4. The van der Waals surface area contributed by atoms with Crippen LogP contribution in [0.4, 0.5) is 0 Å². The zero-order valence-electron chi connectivity index (χ0n) is 39.6. The van der Waals surface area contributed by atoms with E-state index in [1.54, 1.807) is 6.08 Å². The minimum Gasteiger partial charge on any atom is -0.394 e. The number of allylic oxidation sites excluding steroid dienone is 3. The van der Waals surface area contributed by atoms with Crippen LogP contribution in [0, 0.1) is 0 Å². The van der Waals surface area contributed by atoms with Crippen molar-refractivity contribution in [3.8, 4) is 0 Å². The molecule has 0 aromatic heterocycles. The molecule has 2 atom stereocenters. The van der Waals surface area contributed by atoms with Crippen molar-refractivity contribution in [3.63, 3.8) is 0 Å². The van der Waals surface area contributed by atoms with Crippen molar-refractivity contribution >= 4 is 5.91 Å². The van der Waals surface area contributed by atoms with Gasteiger partial charge in [-0.25, -0.2) is 0 Å². The van der Waals surface area contributed by atoms with E-state index >= 15 is 0 Å². The van der Waals surface area contributed by atoms with Crippen LogP contribution >= 0.6 is 0 Å². The molecule has 0 heterocycles. The standard InChI is InChI=1S/C54H105NO3/c1-3-5-7-9-11-13-15-17-19-21-23-25-27-29-31-33-35-37-39-41-43-45-47-49-53(57)52(51-56)55-54(58)50-48-46-44-42-40-38-36-34-32-30-28-26-24-22-20-18-16-14-12-10-8-6-4-2/h30,32,47,49,52-53,56-57H,3-29,31,33-46,48,50-51H2,1-2H3,(H,55,58)/b32-30-,49-47+. The molecule has 0 rings (SSSR count). The smallest absolute Gasteiger partial charge is 0.220 e. The van der Waals surface area contributed by atoms with Crippen LogP contribution in [-0.4, -0.2) is 34.9 Å². The molecule has 0 aliphatic carbocycles. The molecule has 4 nitrogen and oxygen atoms in total. The predicted octanol–water partition coefficient (Wildman–Crippen LogP) is 17.1. The highest BCUT2D eigenvalue weighted by Crippen LogP contribution is 2.17. The number of nitrogens with one attached hydrogen (secondary N) is 1. The fourth-order valence-electron chi connectivity index (χ4n) is 8.35. The van der Waals surface area contributed by atoms with Crippen molar-refractivity contribution in [1.82, 2.24) is 5.32 Å². The van der Waals surface area contributed by atoms with Crippen molar-refractivity contribution in [2.45, 2.75) is 309 Å². The number of hydrogen-bond acceptors (Lipinski definition) is 3. The number of aliphatic hydroxyl groups is 2. The van der Waals surface area contributed by atoms with Crippen molar-refractivity contribution in [2.24, 2.45) is 0 Å². The van der Waals surface area contributed by atoms with Gasteiger partial charge in [0.15, 0.2) is 0 Å². The lowest BCUT2D eigenvalue weighted by Crippen LogP contribution is -2.45. The van der Waals surface area contributed by atoms with Gasteiger partial charge in [0.2, 0.25) is 5.91 Å². The maximum Gasteiger partial charge on any atom is 0.220 e. The monoisotopic (exact) mass is 816 g/mol. The van der Waals surface area contributed by atoms with E-state index in [1.165, 1.54) is 250 Å². The summed E-state index contributed by atoms with van der Waals surface area (Å²) >= 11 is 0. The summed E-state index contributed by atoms with van der Waals surface area (Å²) in [6.07, 6.45) is 66.1. The molecule has 344 valence electrons. The molecule has 4 heteroatoms. The highest BCUT2D eigenvalue weighted by molar-refractivity contribution is 5.76. The van der Waals surface area contributed by atoms with Crippen molar-refractivity contribution in [3.05, 3.63) is 24.3 Å². The summed E-state index contributed by atoms with van der Waals surface area (Å²) < 4.78 is 0. The van der Waals surface area contributed by atoms with Crippen LogP contribution in [0.2, 0.25) is 0 Å². The minimum absolute atomic E-state index is 0.0638. The van der Waals surface area contributed by atoms with Gasteiger partial charge in [-0.2, -0.15) is 0 Å². The van der Waals surface area contributed by atoms with Crippen LogP contribution in [0.25, 0.3) is 0 Å². The Kier molecular flexibility index (Phi) is 49.2. The first kappa shape index (κ1) is 56.9. The molecular weight excluding hydrogens is 711 g/mol. The molecule has 0 bridgehead atoms. The SMILES string of the molecule is CCCCCCCCCCCCCC/C=C\CCCCCCCCCC(=O)NC(CO)C(O)/C=C/CCCCCCCCCCCCCCCCCCCCCCC. The number of hydrogen-bond donors (Lipinski definition) is 3. The van der Waals surface area contributed by atoms with E-state index in [2.05, 4.69) is 31.3 Å². The minimum atomic E-state index is -0.840. The summed E-state index contributed by atoms with van der Waals surface area (Å²) in [6, 6.07) is -0.623. The van der Waals surface area contributed by atoms with Gasteiger partial charge in [0.1, 0.15) is 0 Å². The summed E-state index contributed by atoms with van der Waals surface area (Å²) in [5.74, 6) is -0.0638. The van der Waals surface area contributed by atoms with E-state index in [0.29, 0.717) is 6.42 Å². The second kappa shape index (κ2) is 50.2. The number of unbranched alkanes of at least 4 members (excludes halogenated alkanes) is 40. The summed E-state index contributed by atoms with van der Waals surface area (Å²) in [5, 5.41) is 23.1. The third-order valence-corrected chi connectivity index (χ3v) is 12.4. The Morgan fingerprint density at radius 2 is 0.655 bits per heavy atom. The summed E-state index contributed by atoms with van der Waals surface area (Å²) in [5.41, 5.74) is 0. The Bertz CT molecular complexity index is 840. The van der Waals surface area contributed by atoms with Gasteiger partial charge in [0, 0.05) is 6.42 Å². The van der Waals surface area contributed by atoms with Crippen LogP contribution in [0.5, 0.6) is 0 Å². The van der Waals surface area contributed by atoms with E-state index < -0.39 is 12.1 Å². The molecule has 1 amide bonds. The first-order valence-electron chi connectivity index (χ1n) is 26.6. The Morgan fingerprint density at radius 3 is 0.948 bits per heavy atom. The molecule has 0 aromatic carbocycles. The van der Waals surface area contributed by atoms with Crippen molar-refractivity contribution in [1.29, 1.82) is 0 Å². The molecule has 0 saturated heterocycles. The van der Waals surface area contributed by atoms with Gasteiger partial charge in [-0.05, 0) is 44.9 Å². The lowest BCUT2D eigenvalue weighted by molar-refractivity contribution is -0.123. The lowest BCUT2D eigenvalue weighted by Gasteiger charge is -2.20. The quantitative estimate of drug-likeness (QED) is 0.0423. The first-order chi connectivity index (χ1) is 28.7. The largest absolute Gasteiger partial charge is 0.394 e. The van der Waals surface area contributed by atoms with Gasteiger partial charge in [-0.3, -0.25) is 4.79 Å². The van der Waals surface area contributed by atoms with Gasteiger partial charge in [-0.15, -0.1) is 0 Å². The predicted molar refractivity (Wildman–Crippen MR) is 258 cm³/mol. The average molecular weight is 816 g/mol. The second-order valence-corrected chi connectivity index (χ2v) is 18.3. The number of carbonyl (C=O) groups excluding carboxylic acids is 1. The molecule has 0 aliphatic heterocycles. The Balaban J connectivity index is 3.50. The molecular formula is C54H105NO3. The Labute approximate surface area is 364 Å². The van der Waals surface area contributed by atoms with Crippen LogP contribution in [0.15, 0.2) is 24.3 Å². The first-order valence-corrected chi connectivity index (χ1v) is 26.6. The van der Waals surface area contributed by atoms with E-state index in [0.717, 1.165) is 25.7 Å². The zero-order valence-corrected chi connectivity index (χ0v) is 39.6. The fraction of sp³-hybridized carbons (Fsp3) is 0.907. The van der Waals surface area contributed by atoms with Gasteiger partial charge in [0.05, 0.1) is 18.8 Å². The number of rotatable bonds is 49. The number of aliphatic hydroxyl groups excluding tert-OH is 2. The summed E-state index contributed by atoms with van der Waals surface area (Å²) in [7, 11) is 0. The van der Waals surface area contributed by atoms with E-state index in [9.17, 15) is 15.0 Å². The van der Waals surface area contributed by atoms with Gasteiger partial charge in [-0.1, -0.05) is 269 Å². The van der Waals surface area contributed by atoms with Crippen LogP contribution in [0.1, 0.15) is 296 Å². The van der Waals surface area contributed by atoms with Crippen molar-refractivity contribution < 1.29 is 15.0 Å². The van der Waals surface area contributed by atoms with Crippen LogP contribution < -0.4 is 5.32 Å². The molecule has 0 aliphatic rings. The normalized spacial score (nSPS) is 13.0. The molecule has 3 N–H and O–H groups in total. The maximum atomic E-state index is 12.4. The molecule has 0 aromatic rings. The molecule has 0 fully saturated rings. The third kappa shape index (κ3) is 45.9. The maximum absolute atomic E-state index is 12.4. The zero-order chi connectivity index (χ0) is 42.1. The molecule has 0 radical (unpaired) electrons. The highest BCUT2D eigenvalue weighted by Gasteiger charge is 2.18. The second-order valence-electron chi connectivity index (χ2n) is 18.3. The fourth-order valence-corrected chi connectivity index (χ4v) is 8.35. The Hall–Kier alpha value is -1.13. The van der Waals surface area contributed by atoms with E-state index in [4.69, 9.17) is 0 Å². The molecule has 0 spiro atoms. The molecule has 2 unspecified atom stereocenters. The van der Waals surface area contributed by atoms with Gasteiger partial charge < -0.3 is 15.5 Å². The van der Waals surface area contributed by atoms with E-state index in [1.807, 2.05) is 6.08 Å².